The summed E-state index contributed by atoms with van der Waals surface area (Å²) in [5.41, 5.74) is 3.26. The number of benzene rings is 2. The van der Waals surface area contributed by atoms with Crippen LogP contribution in [0.4, 0.5) is 10.2 Å². The van der Waals surface area contributed by atoms with Gasteiger partial charge in [0.1, 0.15) is 12.4 Å². The van der Waals surface area contributed by atoms with Gasteiger partial charge in [-0.15, -0.1) is 0 Å². The number of fused-ring (bicyclic) bond motifs is 1. The van der Waals surface area contributed by atoms with E-state index in [1.54, 1.807) is 30.7 Å². The third kappa shape index (κ3) is 5.15. The fourth-order valence-corrected chi connectivity index (χ4v) is 3.96. The van der Waals surface area contributed by atoms with Gasteiger partial charge in [-0.1, -0.05) is 42.5 Å². The first kappa shape index (κ1) is 23.0. The maximum atomic E-state index is 13.5. The topological polar surface area (TPSA) is 105 Å². The van der Waals surface area contributed by atoms with Crippen molar-refractivity contribution in [1.82, 2.24) is 24.8 Å². The number of H-pyrrole nitrogens is 1. The zero-order chi connectivity index (χ0) is 24.9. The van der Waals surface area contributed by atoms with Gasteiger partial charge in [-0.05, 0) is 35.4 Å². The van der Waals surface area contributed by atoms with E-state index in [9.17, 15) is 14.0 Å². The van der Waals surface area contributed by atoms with Crippen molar-refractivity contribution < 1.29 is 9.18 Å². The molecule has 1 amide bonds. The summed E-state index contributed by atoms with van der Waals surface area (Å²) >= 11 is 0. The smallest absolute Gasteiger partial charge is 0.294 e. The number of amides is 1. The quantitative estimate of drug-likeness (QED) is 0.312. The molecule has 0 saturated carbocycles. The Morgan fingerprint density at radius 2 is 1.86 bits per heavy atom. The Kier molecular flexibility index (Phi) is 6.53. The molecule has 0 aliphatic heterocycles. The molecule has 3 N–H and O–H groups in total. The molecule has 5 aromatic rings. The predicted octanol–water partition coefficient (Wildman–Crippen LogP) is 3.85. The Morgan fingerprint density at radius 3 is 2.67 bits per heavy atom. The van der Waals surface area contributed by atoms with Crippen LogP contribution in [-0.2, 0) is 24.4 Å². The number of anilines is 1. The molecule has 0 aliphatic carbocycles. The number of hydrogen-bond donors (Lipinski definition) is 3. The Labute approximate surface area is 205 Å². The van der Waals surface area contributed by atoms with E-state index in [-0.39, 0.29) is 37.2 Å². The summed E-state index contributed by atoms with van der Waals surface area (Å²) in [6.45, 7) is 0.298. The highest BCUT2D eigenvalue weighted by Gasteiger charge is 2.15. The van der Waals surface area contributed by atoms with Crippen LogP contribution >= 0.6 is 0 Å². The second kappa shape index (κ2) is 10.2. The van der Waals surface area contributed by atoms with Crippen molar-refractivity contribution in [2.75, 3.05) is 5.32 Å². The van der Waals surface area contributed by atoms with Crippen molar-refractivity contribution in [2.24, 2.45) is 0 Å². The van der Waals surface area contributed by atoms with Gasteiger partial charge in [-0.25, -0.2) is 9.37 Å². The van der Waals surface area contributed by atoms with Gasteiger partial charge in [0.15, 0.2) is 5.82 Å². The number of aromatic nitrogens is 4. The second-order valence-electron chi connectivity index (χ2n) is 8.27. The fourth-order valence-electron chi connectivity index (χ4n) is 3.96. The normalized spacial score (nSPS) is 10.9. The van der Waals surface area contributed by atoms with E-state index in [0.717, 1.165) is 22.2 Å². The van der Waals surface area contributed by atoms with Gasteiger partial charge >= 0.3 is 0 Å². The molecule has 180 valence electrons. The molecule has 0 aliphatic rings. The average Bonchev–Trinajstić information content (AvgIpc) is 3.32. The zero-order valence-corrected chi connectivity index (χ0v) is 19.2. The minimum Gasteiger partial charge on any atom is -0.361 e. The van der Waals surface area contributed by atoms with Gasteiger partial charge in [-0.3, -0.25) is 19.1 Å². The molecule has 0 spiro atoms. The highest BCUT2D eigenvalue weighted by molar-refractivity contribution is 5.80. The predicted molar refractivity (Wildman–Crippen MR) is 136 cm³/mol. The molecule has 0 saturated heterocycles. The van der Waals surface area contributed by atoms with Crippen molar-refractivity contribution in [3.63, 3.8) is 0 Å². The Morgan fingerprint density at radius 1 is 1.00 bits per heavy atom. The van der Waals surface area contributed by atoms with Crippen LogP contribution < -0.4 is 16.2 Å². The highest BCUT2D eigenvalue weighted by atomic mass is 19.1. The van der Waals surface area contributed by atoms with E-state index in [0.29, 0.717) is 11.3 Å². The summed E-state index contributed by atoms with van der Waals surface area (Å²) in [5, 5.41) is 6.78. The van der Waals surface area contributed by atoms with E-state index in [4.69, 9.17) is 0 Å². The summed E-state index contributed by atoms with van der Waals surface area (Å²) in [5.74, 6) is -0.606. The van der Waals surface area contributed by atoms with E-state index in [1.165, 1.54) is 16.7 Å². The first-order valence-corrected chi connectivity index (χ1v) is 11.4. The monoisotopic (exact) mass is 482 g/mol. The van der Waals surface area contributed by atoms with Gasteiger partial charge in [0.2, 0.25) is 5.91 Å². The number of aromatic amines is 1. The van der Waals surface area contributed by atoms with Gasteiger partial charge in [0, 0.05) is 35.5 Å². The Balaban J connectivity index is 1.37. The van der Waals surface area contributed by atoms with Crippen LogP contribution in [0.5, 0.6) is 0 Å². The second-order valence-corrected chi connectivity index (χ2v) is 8.27. The van der Waals surface area contributed by atoms with Crippen molar-refractivity contribution in [3.05, 3.63) is 113 Å². The Bertz CT molecular complexity index is 1550. The zero-order valence-electron chi connectivity index (χ0n) is 19.2. The van der Waals surface area contributed by atoms with Crippen LogP contribution in [0.25, 0.3) is 22.2 Å². The van der Waals surface area contributed by atoms with Crippen LogP contribution in [-0.4, -0.2) is 25.4 Å². The molecule has 36 heavy (non-hydrogen) atoms. The number of carbonyl (C=O) groups is 1. The first-order valence-electron chi connectivity index (χ1n) is 11.4. The number of rotatable bonds is 8. The third-order valence-electron chi connectivity index (χ3n) is 5.73. The standard InChI is InChI=1S/C27H23FN6O2/c28-21-8-4-5-18(11-21)13-31-26-27(36)34(24(16-32-26)19-6-2-1-3-7-19)17-25(35)30-15-22-12-20-14-29-10-9-23(20)33-22/h1-12,14,16,33H,13,15,17H2,(H,30,35)(H,31,32). The molecule has 3 aromatic heterocycles. The Hall–Kier alpha value is -4.79. The van der Waals surface area contributed by atoms with Gasteiger partial charge < -0.3 is 15.6 Å². The summed E-state index contributed by atoms with van der Waals surface area (Å²) in [7, 11) is 0. The molecule has 2 aromatic carbocycles. The molecular formula is C27H23FN6O2. The number of halogens is 1. The third-order valence-corrected chi connectivity index (χ3v) is 5.73. The van der Waals surface area contributed by atoms with Gasteiger partial charge in [0.25, 0.3) is 5.56 Å². The summed E-state index contributed by atoms with van der Waals surface area (Å²) in [6.07, 6.45) is 5.00. The maximum Gasteiger partial charge on any atom is 0.294 e. The minimum absolute atomic E-state index is 0.0786. The lowest BCUT2D eigenvalue weighted by atomic mass is 10.1. The number of pyridine rings is 1. The molecule has 0 bridgehead atoms. The van der Waals surface area contributed by atoms with Crippen LogP contribution in [0.1, 0.15) is 11.3 Å². The van der Waals surface area contributed by atoms with E-state index in [1.807, 2.05) is 42.5 Å². The largest absolute Gasteiger partial charge is 0.361 e. The SMILES string of the molecule is O=C(Cn1c(-c2ccccc2)cnc(NCc2cccc(F)c2)c1=O)NCc1cc2cnccc2[nH]1. The molecule has 8 nitrogen and oxygen atoms in total. The fraction of sp³-hybridized carbons (Fsp3) is 0.111. The van der Waals surface area contributed by atoms with Crippen molar-refractivity contribution in [3.8, 4) is 11.3 Å². The van der Waals surface area contributed by atoms with E-state index < -0.39 is 5.56 Å². The average molecular weight is 483 g/mol. The van der Waals surface area contributed by atoms with Crippen LogP contribution in [0.2, 0.25) is 0 Å². The number of nitrogens with one attached hydrogen (secondary N) is 3. The molecule has 0 radical (unpaired) electrons. The first-order chi connectivity index (χ1) is 17.6. The lowest BCUT2D eigenvalue weighted by molar-refractivity contribution is -0.121. The molecule has 0 atom stereocenters. The maximum absolute atomic E-state index is 13.5. The molecular weight excluding hydrogens is 459 g/mol. The number of carbonyl (C=O) groups excluding carboxylic acids is 1. The van der Waals surface area contributed by atoms with E-state index in [2.05, 4.69) is 25.6 Å². The molecule has 0 fully saturated rings. The highest BCUT2D eigenvalue weighted by Crippen LogP contribution is 2.18. The van der Waals surface area contributed by atoms with Crippen molar-refractivity contribution in [2.45, 2.75) is 19.6 Å². The lowest BCUT2D eigenvalue weighted by Crippen LogP contribution is -2.34. The summed E-state index contributed by atoms with van der Waals surface area (Å²) in [4.78, 5) is 37.9. The van der Waals surface area contributed by atoms with Gasteiger partial charge in [-0.2, -0.15) is 0 Å². The minimum atomic E-state index is -0.445. The van der Waals surface area contributed by atoms with Crippen molar-refractivity contribution in [1.29, 1.82) is 0 Å². The van der Waals surface area contributed by atoms with Crippen LogP contribution in [0.3, 0.4) is 0 Å². The summed E-state index contributed by atoms with van der Waals surface area (Å²) < 4.78 is 14.9. The molecule has 9 heteroatoms. The van der Waals surface area contributed by atoms with Crippen molar-refractivity contribution >= 4 is 22.6 Å². The summed E-state index contributed by atoms with van der Waals surface area (Å²) in [6, 6.07) is 19.2. The lowest BCUT2D eigenvalue weighted by Gasteiger charge is -2.15. The molecule has 0 unspecified atom stereocenters. The molecule has 3 heterocycles. The van der Waals surface area contributed by atoms with Crippen LogP contribution in [0.15, 0.2) is 90.1 Å². The van der Waals surface area contributed by atoms with Gasteiger partial charge in [0.05, 0.1) is 18.4 Å². The number of nitrogens with zero attached hydrogens (tertiary/aromatic N) is 3. The van der Waals surface area contributed by atoms with Crippen LogP contribution in [0, 0.1) is 5.82 Å². The molecule has 5 rings (SSSR count). The van der Waals surface area contributed by atoms with E-state index >= 15 is 0 Å². The number of hydrogen-bond acceptors (Lipinski definition) is 5.